The lowest BCUT2D eigenvalue weighted by molar-refractivity contribution is -0.120. The number of fused-ring (bicyclic) bond motifs is 1. The summed E-state index contributed by atoms with van der Waals surface area (Å²) in [4.78, 5) is 13.5. The summed E-state index contributed by atoms with van der Waals surface area (Å²) in [5.74, 6) is 1.12. The Kier molecular flexibility index (Phi) is 3.80. The first-order valence-corrected chi connectivity index (χ1v) is 7.65. The van der Waals surface area contributed by atoms with E-state index in [9.17, 15) is 4.79 Å². The van der Waals surface area contributed by atoms with Crippen LogP contribution in [0.1, 0.15) is 29.5 Å². The summed E-state index contributed by atoms with van der Waals surface area (Å²) in [6.45, 7) is 4.34. The molecule has 0 saturated carbocycles. The molecule has 1 unspecified atom stereocenters. The van der Waals surface area contributed by atoms with Gasteiger partial charge in [0.1, 0.15) is 5.25 Å². The number of hydrogen-bond donors (Lipinski definition) is 2. The van der Waals surface area contributed by atoms with Crippen LogP contribution in [0.5, 0.6) is 0 Å². The molecule has 5 heteroatoms. The highest BCUT2D eigenvalue weighted by atomic mass is 32.2. The third-order valence-corrected chi connectivity index (χ3v) is 4.87. The predicted octanol–water partition coefficient (Wildman–Crippen LogP) is 1.93. The number of hydrogen-bond acceptors (Lipinski definition) is 4. The molecule has 1 aliphatic heterocycles. The van der Waals surface area contributed by atoms with Gasteiger partial charge in [-0.25, -0.2) is 0 Å². The summed E-state index contributed by atoms with van der Waals surface area (Å²) < 4.78 is 0. The molecule has 0 saturated heterocycles. The molecule has 0 spiro atoms. The summed E-state index contributed by atoms with van der Waals surface area (Å²) in [5, 5.41) is 4.97. The fraction of sp³-hybridized carbons (Fsp3) is 0.583. The van der Waals surface area contributed by atoms with Crippen molar-refractivity contribution < 1.29 is 4.79 Å². The van der Waals surface area contributed by atoms with Gasteiger partial charge in [0.2, 0.25) is 5.91 Å². The van der Waals surface area contributed by atoms with E-state index >= 15 is 0 Å². The maximum Gasteiger partial charge on any atom is 0.237 e. The van der Waals surface area contributed by atoms with Crippen LogP contribution in [-0.4, -0.2) is 23.7 Å². The number of nitrogens with one attached hydrogen (secondary N) is 1. The Morgan fingerprint density at radius 3 is 3.12 bits per heavy atom. The van der Waals surface area contributed by atoms with Gasteiger partial charge in [0.15, 0.2) is 0 Å². The molecule has 0 aromatic carbocycles. The van der Waals surface area contributed by atoms with Gasteiger partial charge >= 0.3 is 0 Å². The molecule has 0 bridgehead atoms. The van der Waals surface area contributed by atoms with Crippen molar-refractivity contribution >= 4 is 29.0 Å². The number of thioether (sulfide) groups is 1. The van der Waals surface area contributed by atoms with E-state index in [1.54, 1.807) is 23.1 Å². The van der Waals surface area contributed by atoms with E-state index in [4.69, 9.17) is 5.73 Å². The lowest BCUT2D eigenvalue weighted by Gasteiger charge is -2.24. The molecule has 94 valence electrons. The van der Waals surface area contributed by atoms with Crippen LogP contribution in [-0.2, 0) is 11.2 Å². The zero-order valence-electron chi connectivity index (χ0n) is 10.2. The quantitative estimate of drug-likeness (QED) is 0.882. The molecular formula is C12H18N2OS2. The van der Waals surface area contributed by atoms with Gasteiger partial charge < -0.3 is 11.1 Å². The van der Waals surface area contributed by atoms with Crippen molar-refractivity contribution in [2.24, 2.45) is 5.73 Å². The lowest BCUT2D eigenvalue weighted by atomic mass is 10.1. The number of thiophene rings is 1. The van der Waals surface area contributed by atoms with Crippen molar-refractivity contribution in [2.75, 3.05) is 12.3 Å². The Balaban J connectivity index is 2.02. The maximum absolute atomic E-state index is 12.1. The molecule has 0 radical (unpaired) electrons. The number of nitrogens with two attached hydrogens (primary N) is 1. The van der Waals surface area contributed by atoms with Crippen molar-refractivity contribution in [1.29, 1.82) is 0 Å². The van der Waals surface area contributed by atoms with Crippen molar-refractivity contribution in [2.45, 2.75) is 31.1 Å². The van der Waals surface area contributed by atoms with Gasteiger partial charge in [0.05, 0.1) is 0 Å². The van der Waals surface area contributed by atoms with Crippen molar-refractivity contribution in [3.05, 3.63) is 21.9 Å². The molecule has 1 aromatic heterocycles. The van der Waals surface area contributed by atoms with Gasteiger partial charge in [-0.2, -0.15) is 0 Å². The van der Waals surface area contributed by atoms with Crippen molar-refractivity contribution in [3.8, 4) is 0 Å². The predicted molar refractivity (Wildman–Crippen MR) is 74.5 cm³/mol. The highest BCUT2D eigenvalue weighted by Gasteiger charge is 2.28. The van der Waals surface area contributed by atoms with Crippen LogP contribution in [0.25, 0.3) is 0 Å². The molecule has 2 rings (SSSR count). The van der Waals surface area contributed by atoms with Crippen molar-refractivity contribution in [1.82, 2.24) is 5.32 Å². The highest BCUT2D eigenvalue weighted by Crippen LogP contribution is 2.39. The minimum Gasteiger partial charge on any atom is -0.353 e. The molecule has 3 N–H and O–H groups in total. The largest absolute Gasteiger partial charge is 0.353 e. The van der Waals surface area contributed by atoms with Gasteiger partial charge in [-0.05, 0) is 43.0 Å². The molecule has 1 aliphatic rings. The van der Waals surface area contributed by atoms with E-state index in [1.165, 1.54) is 10.4 Å². The Morgan fingerprint density at radius 1 is 1.65 bits per heavy atom. The summed E-state index contributed by atoms with van der Waals surface area (Å²) >= 11 is 3.48. The monoisotopic (exact) mass is 270 g/mol. The van der Waals surface area contributed by atoms with Crippen LogP contribution in [0, 0.1) is 0 Å². The maximum atomic E-state index is 12.1. The van der Waals surface area contributed by atoms with Gasteiger partial charge in [-0.3, -0.25) is 4.79 Å². The minimum atomic E-state index is -0.355. The average Bonchev–Trinajstić information content (AvgIpc) is 2.72. The second kappa shape index (κ2) is 5.00. The molecule has 0 fully saturated rings. The standard InChI is InChI=1S/C12H18N2OS2/c1-12(2,13)7-14-11(15)10-8-3-5-16-9(8)4-6-17-10/h3,5,10H,4,6-7,13H2,1-2H3,(H,14,15). The van der Waals surface area contributed by atoms with E-state index < -0.39 is 0 Å². The molecule has 17 heavy (non-hydrogen) atoms. The van der Waals surface area contributed by atoms with Gasteiger partial charge in [-0.1, -0.05) is 0 Å². The van der Waals surface area contributed by atoms with Gasteiger partial charge in [-0.15, -0.1) is 23.1 Å². The lowest BCUT2D eigenvalue weighted by Crippen LogP contribution is -2.46. The molecule has 3 nitrogen and oxygen atoms in total. The molecule has 1 atom stereocenters. The zero-order chi connectivity index (χ0) is 12.5. The van der Waals surface area contributed by atoms with Crippen LogP contribution < -0.4 is 11.1 Å². The van der Waals surface area contributed by atoms with Crippen LogP contribution in [0.3, 0.4) is 0 Å². The average molecular weight is 270 g/mol. The van der Waals surface area contributed by atoms with E-state index in [0.717, 1.165) is 12.2 Å². The minimum absolute atomic E-state index is 0.0488. The Morgan fingerprint density at radius 2 is 2.41 bits per heavy atom. The van der Waals surface area contributed by atoms with Crippen LogP contribution in [0.15, 0.2) is 11.4 Å². The van der Waals surface area contributed by atoms with E-state index in [0.29, 0.717) is 6.54 Å². The van der Waals surface area contributed by atoms with E-state index in [2.05, 4.69) is 16.8 Å². The molecule has 2 heterocycles. The van der Waals surface area contributed by atoms with Gasteiger partial charge in [0.25, 0.3) is 0 Å². The Labute approximate surface area is 110 Å². The van der Waals surface area contributed by atoms with E-state index in [-0.39, 0.29) is 16.7 Å². The zero-order valence-corrected chi connectivity index (χ0v) is 11.8. The third-order valence-electron chi connectivity index (χ3n) is 2.63. The summed E-state index contributed by atoms with van der Waals surface area (Å²) in [7, 11) is 0. The molecule has 0 aliphatic carbocycles. The fourth-order valence-corrected chi connectivity index (χ4v) is 4.09. The highest BCUT2D eigenvalue weighted by molar-refractivity contribution is 8.00. The van der Waals surface area contributed by atoms with Crippen LogP contribution in [0.4, 0.5) is 0 Å². The molecule has 1 amide bonds. The summed E-state index contributed by atoms with van der Waals surface area (Å²) in [5.41, 5.74) is 6.71. The Hall–Kier alpha value is -0.520. The first-order valence-electron chi connectivity index (χ1n) is 5.72. The fourth-order valence-electron chi connectivity index (χ4n) is 1.77. The van der Waals surface area contributed by atoms with Crippen molar-refractivity contribution in [3.63, 3.8) is 0 Å². The second-order valence-electron chi connectivity index (χ2n) is 5.01. The van der Waals surface area contributed by atoms with E-state index in [1.807, 2.05) is 13.8 Å². The smallest absolute Gasteiger partial charge is 0.237 e. The topological polar surface area (TPSA) is 55.1 Å². The summed E-state index contributed by atoms with van der Waals surface area (Å²) in [6, 6.07) is 2.07. The molecular weight excluding hydrogens is 252 g/mol. The normalized spacial score (nSPS) is 19.8. The van der Waals surface area contributed by atoms with Gasteiger partial charge in [0, 0.05) is 17.0 Å². The summed E-state index contributed by atoms with van der Waals surface area (Å²) in [6.07, 6.45) is 1.09. The van der Waals surface area contributed by atoms with Crippen LogP contribution in [0.2, 0.25) is 0 Å². The number of rotatable bonds is 3. The first-order chi connectivity index (χ1) is 7.97. The SMILES string of the molecule is CC(C)(N)CNC(=O)C1SCCc2sccc21. The second-order valence-corrected chi connectivity index (χ2v) is 7.22. The molecule has 1 aromatic rings. The number of carbonyl (C=O) groups excluding carboxylic acids is 1. The number of amides is 1. The Bertz CT molecular complexity index is 409. The number of carbonyl (C=O) groups is 1. The third kappa shape index (κ3) is 3.24. The number of aryl methyl sites for hydroxylation is 1. The first kappa shape index (κ1) is 12.9. The van der Waals surface area contributed by atoms with Crippen LogP contribution >= 0.6 is 23.1 Å².